The summed E-state index contributed by atoms with van der Waals surface area (Å²) in [7, 11) is 0. The summed E-state index contributed by atoms with van der Waals surface area (Å²) in [6, 6.07) is 12.4. The summed E-state index contributed by atoms with van der Waals surface area (Å²) in [5.41, 5.74) is 9.25. The minimum Gasteiger partial charge on any atom is -0.324 e. The molecule has 0 amide bonds. The molecule has 15 heavy (non-hydrogen) atoms. The molecule has 0 saturated carbocycles. The van der Waals surface area contributed by atoms with Crippen LogP contribution in [0.4, 0.5) is 0 Å². The Morgan fingerprint density at radius 3 is 2.33 bits per heavy atom. The van der Waals surface area contributed by atoms with Gasteiger partial charge in [-0.25, -0.2) is 0 Å². The molecule has 1 aromatic carbocycles. The summed E-state index contributed by atoms with van der Waals surface area (Å²) in [6.07, 6.45) is 3.64. The monoisotopic (exact) mass is 198 g/mol. The van der Waals surface area contributed by atoms with Crippen LogP contribution < -0.4 is 5.73 Å². The van der Waals surface area contributed by atoms with Gasteiger partial charge in [-0.1, -0.05) is 30.3 Å². The van der Waals surface area contributed by atoms with Crippen LogP contribution in [0.25, 0.3) is 11.1 Å². The Labute approximate surface area is 89.8 Å². The maximum absolute atomic E-state index is 5.79. The van der Waals surface area contributed by atoms with Crippen molar-refractivity contribution in [3.8, 4) is 11.1 Å². The second-order valence-electron chi connectivity index (χ2n) is 3.65. The third-order valence-corrected chi connectivity index (χ3v) is 2.43. The molecule has 1 unspecified atom stereocenters. The molecule has 2 N–H and O–H groups in total. The number of hydrogen-bond donors (Lipinski definition) is 1. The molecule has 1 aromatic heterocycles. The van der Waals surface area contributed by atoms with Gasteiger partial charge in [-0.3, -0.25) is 4.98 Å². The van der Waals surface area contributed by atoms with Crippen molar-refractivity contribution in [3.63, 3.8) is 0 Å². The summed E-state index contributed by atoms with van der Waals surface area (Å²) in [5, 5.41) is 0. The Kier molecular flexibility index (Phi) is 2.79. The van der Waals surface area contributed by atoms with Gasteiger partial charge in [0.15, 0.2) is 0 Å². The molecular formula is C13H14N2. The molecule has 1 heterocycles. The Morgan fingerprint density at radius 2 is 1.80 bits per heavy atom. The van der Waals surface area contributed by atoms with Gasteiger partial charge in [-0.2, -0.15) is 0 Å². The molecule has 0 aliphatic rings. The molecule has 76 valence electrons. The minimum absolute atomic E-state index is 0.0907. The molecule has 0 fully saturated rings. The molecule has 0 aliphatic heterocycles. The van der Waals surface area contributed by atoms with Crippen LogP contribution >= 0.6 is 0 Å². The zero-order chi connectivity index (χ0) is 10.7. The maximum Gasteiger partial charge on any atom is 0.0346 e. The van der Waals surface area contributed by atoms with Crippen LogP contribution in [0.5, 0.6) is 0 Å². The number of nitrogens with zero attached hydrogens (tertiary/aromatic N) is 1. The van der Waals surface area contributed by atoms with Gasteiger partial charge in [0.05, 0.1) is 0 Å². The topological polar surface area (TPSA) is 38.9 Å². The van der Waals surface area contributed by atoms with Crippen LogP contribution in [0.1, 0.15) is 18.5 Å². The van der Waals surface area contributed by atoms with Crippen LogP contribution in [0, 0.1) is 0 Å². The van der Waals surface area contributed by atoms with Crippen molar-refractivity contribution in [2.45, 2.75) is 13.0 Å². The first-order valence-electron chi connectivity index (χ1n) is 5.03. The molecule has 2 nitrogen and oxygen atoms in total. The van der Waals surface area contributed by atoms with Crippen molar-refractivity contribution >= 4 is 0 Å². The van der Waals surface area contributed by atoms with E-state index in [1.54, 1.807) is 6.20 Å². The lowest BCUT2D eigenvalue weighted by atomic mass is 10.0. The first-order chi connectivity index (χ1) is 7.27. The quantitative estimate of drug-likeness (QED) is 0.805. The van der Waals surface area contributed by atoms with E-state index in [-0.39, 0.29) is 6.04 Å². The van der Waals surface area contributed by atoms with Gasteiger partial charge in [-0.05, 0) is 29.7 Å². The van der Waals surface area contributed by atoms with E-state index >= 15 is 0 Å². The first kappa shape index (κ1) is 9.87. The standard InChI is InChI=1S/C13H14N2/c1-10(14)11-4-6-12(7-5-11)13-3-2-8-15-9-13/h2-10H,14H2,1H3. The molecule has 1 atom stereocenters. The van der Waals surface area contributed by atoms with Crippen molar-refractivity contribution < 1.29 is 0 Å². The zero-order valence-electron chi connectivity index (χ0n) is 8.72. The van der Waals surface area contributed by atoms with E-state index in [2.05, 4.69) is 29.2 Å². The van der Waals surface area contributed by atoms with Crippen LogP contribution in [-0.2, 0) is 0 Å². The Hall–Kier alpha value is -1.67. The normalized spacial score (nSPS) is 12.4. The highest BCUT2D eigenvalue weighted by Crippen LogP contribution is 2.20. The number of benzene rings is 1. The summed E-state index contributed by atoms with van der Waals surface area (Å²) >= 11 is 0. The van der Waals surface area contributed by atoms with E-state index in [1.807, 2.05) is 25.3 Å². The predicted molar refractivity (Wildman–Crippen MR) is 62.3 cm³/mol. The smallest absolute Gasteiger partial charge is 0.0346 e. The highest BCUT2D eigenvalue weighted by molar-refractivity contribution is 5.62. The Morgan fingerprint density at radius 1 is 1.07 bits per heavy atom. The lowest BCUT2D eigenvalue weighted by Crippen LogP contribution is -2.04. The predicted octanol–water partition coefficient (Wildman–Crippen LogP) is 2.77. The summed E-state index contributed by atoms with van der Waals surface area (Å²) < 4.78 is 0. The third-order valence-electron chi connectivity index (χ3n) is 2.43. The van der Waals surface area contributed by atoms with Gasteiger partial charge in [0, 0.05) is 18.4 Å². The fourth-order valence-electron chi connectivity index (χ4n) is 1.51. The van der Waals surface area contributed by atoms with Crippen molar-refractivity contribution in [3.05, 3.63) is 54.4 Å². The molecule has 0 saturated heterocycles. The SMILES string of the molecule is CC(N)c1ccc(-c2cccnc2)cc1. The van der Waals surface area contributed by atoms with Crippen molar-refractivity contribution in [2.24, 2.45) is 5.73 Å². The van der Waals surface area contributed by atoms with E-state index in [1.165, 1.54) is 5.56 Å². The Balaban J connectivity index is 2.32. The first-order valence-corrected chi connectivity index (χ1v) is 5.03. The van der Waals surface area contributed by atoms with E-state index < -0.39 is 0 Å². The van der Waals surface area contributed by atoms with Gasteiger partial charge in [0.1, 0.15) is 0 Å². The lowest BCUT2D eigenvalue weighted by Gasteiger charge is -2.06. The van der Waals surface area contributed by atoms with Crippen LogP contribution in [0.15, 0.2) is 48.8 Å². The molecule has 0 bridgehead atoms. The number of nitrogens with two attached hydrogens (primary N) is 1. The number of pyridine rings is 1. The largest absolute Gasteiger partial charge is 0.324 e. The molecule has 2 aromatic rings. The molecule has 0 radical (unpaired) electrons. The highest BCUT2D eigenvalue weighted by atomic mass is 14.6. The highest BCUT2D eigenvalue weighted by Gasteiger charge is 2.00. The van der Waals surface area contributed by atoms with Crippen LogP contribution in [0.2, 0.25) is 0 Å². The van der Waals surface area contributed by atoms with E-state index in [0.29, 0.717) is 0 Å². The van der Waals surface area contributed by atoms with Crippen molar-refractivity contribution in [2.75, 3.05) is 0 Å². The number of hydrogen-bond acceptors (Lipinski definition) is 2. The van der Waals surface area contributed by atoms with Gasteiger partial charge in [0.2, 0.25) is 0 Å². The second-order valence-corrected chi connectivity index (χ2v) is 3.65. The molecule has 0 aliphatic carbocycles. The fourth-order valence-corrected chi connectivity index (χ4v) is 1.51. The lowest BCUT2D eigenvalue weighted by molar-refractivity contribution is 0.818. The van der Waals surface area contributed by atoms with Gasteiger partial charge in [-0.15, -0.1) is 0 Å². The summed E-state index contributed by atoms with van der Waals surface area (Å²) in [4.78, 5) is 4.09. The molecule has 2 rings (SSSR count). The van der Waals surface area contributed by atoms with Crippen molar-refractivity contribution in [1.29, 1.82) is 0 Å². The minimum atomic E-state index is 0.0907. The maximum atomic E-state index is 5.79. The van der Waals surface area contributed by atoms with E-state index in [4.69, 9.17) is 5.73 Å². The molecular weight excluding hydrogens is 184 g/mol. The zero-order valence-corrected chi connectivity index (χ0v) is 8.72. The van der Waals surface area contributed by atoms with Crippen molar-refractivity contribution in [1.82, 2.24) is 4.98 Å². The number of rotatable bonds is 2. The Bertz CT molecular complexity index is 418. The third kappa shape index (κ3) is 2.22. The number of aromatic nitrogens is 1. The summed E-state index contributed by atoms with van der Waals surface area (Å²) in [5.74, 6) is 0. The van der Waals surface area contributed by atoms with Gasteiger partial charge >= 0.3 is 0 Å². The van der Waals surface area contributed by atoms with E-state index in [9.17, 15) is 0 Å². The van der Waals surface area contributed by atoms with Gasteiger partial charge < -0.3 is 5.73 Å². The average molecular weight is 198 g/mol. The second kappa shape index (κ2) is 4.24. The van der Waals surface area contributed by atoms with Crippen LogP contribution in [0.3, 0.4) is 0 Å². The van der Waals surface area contributed by atoms with Crippen LogP contribution in [-0.4, -0.2) is 4.98 Å². The fraction of sp³-hybridized carbons (Fsp3) is 0.154. The van der Waals surface area contributed by atoms with Gasteiger partial charge in [0.25, 0.3) is 0 Å². The summed E-state index contributed by atoms with van der Waals surface area (Å²) in [6.45, 7) is 1.99. The van der Waals surface area contributed by atoms with E-state index in [0.717, 1.165) is 11.1 Å². The molecule has 0 spiro atoms. The average Bonchev–Trinajstić information content (AvgIpc) is 2.30. The molecule has 2 heteroatoms.